The van der Waals surface area contributed by atoms with Gasteiger partial charge in [-0.15, -0.1) is 0 Å². The van der Waals surface area contributed by atoms with Gasteiger partial charge in [-0.1, -0.05) is 33.3 Å². The van der Waals surface area contributed by atoms with Crippen molar-refractivity contribution in [3.8, 4) is 0 Å². The van der Waals surface area contributed by atoms with E-state index in [1.807, 2.05) is 6.92 Å². The number of amides is 2. The highest BCUT2D eigenvalue weighted by Crippen LogP contribution is 2.15. The van der Waals surface area contributed by atoms with Gasteiger partial charge in [0.05, 0.1) is 5.54 Å². The Labute approximate surface area is 151 Å². The number of benzene rings is 1. The molecule has 4 N–H and O–H groups in total. The van der Waals surface area contributed by atoms with Crippen molar-refractivity contribution < 1.29 is 9.59 Å². The Morgan fingerprint density at radius 1 is 1.20 bits per heavy atom. The van der Waals surface area contributed by atoms with Crippen LogP contribution in [0.15, 0.2) is 24.3 Å². The molecule has 0 radical (unpaired) electrons. The van der Waals surface area contributed by atoms with Crippen LogP contribution in [0.5, 0.6) is 0 Å². The van der Waals surface area contributed by atoms with Gasteiger partial charge in [0.1, 0.15) is 0 Å². The van der Waals surface area contributed by atoms with Gasteiger partial charge in [0.15, 0.2) is 0 Å². The summed E-state index contributed by atoms with van der Waals surface area (Å²) in [5.74, 6) is -0.388. The van der Waals surface area contributed by atoms with Crippen LogP contribution in [0.2, 0.25) is 0 Å². The fourth-order valence-corrected chi connectivity index (χ4v) is 2.61. The lowest BCUT2D eigenvalue weighted by atomic mass is 9.96. The van der Waals surface area contributed by atoms with E-state index < -0.39 is 5.54 Å². The first kappa shape index (κ1) is 21.1. The summed E-state index contributed by atoms with van der Waals surface area (Å²) in [5.41, 5.74) is 6.22. The molecule has 25 heavy (non-hydrogen) atoms. The molecule has 0 aliphatic heterocycles. The first-order valence-corrected chi connectivity index (χ1v) is 9.05. The second-order valence-corrected chi connectivity index (χ2v) is 6.49. The number of nitrogens with zero attached hydrogens (tertiary/aromatic N) is 1. The molecule has 1 unspecified atom stereocenters. The molecule has 0 aliphatic rings. The molecule has 1 atom stereocenters. The van der Waals surface area contributed by atoms with Gasteiger partial charge in [-0.05, 0) is 44.6 Å². The topological polar surface area (TPSA) is 87.5 Å². The lowest BCUT2D eigenvalue weighted by Crippen LogP contribution is -2.48. The Bertz CT molecular complexity index is 568. The Balaban J connectivity index is 2.65. The Hall–Kier alpha value is -1.92. The van der Waals surface area contributed by atoms with Gasteiger partial charge < -0.3 is 21.3 Å². The van der Waals surface area contributed by atoms with Crippen molar-refractivity contribution in [2.75, 3.05) is 31.5 Å². The van der Waals surface area contributed by atoms with Gasteiger partial charge in [-0.25, -0.2) is 0 Å². The standard InChI is InChI=1S/C19H32N4O2/c1-5-11-19(4,20)18(25)22-16-10-8-9-15(14-16)17(24)21-12-13-23(6-2)7-3/h8-10,14H,5-7,11-13,20H2,1-4H3,(H,21,24)(H,22,25). The number of hydrogen-bond acceptors (Lipinski definition) is 4. The molecule has 0 bridgehead atoms. The molecule has 1 rings (SSSR count). The van der Waals surface area contributed by atoms with Crippen molar-refractivity contribution in [1.29, 1.82) is 0 Å². The number of carbonyl (C=O) groups is 2. The molecule has 1 aromatic carbocycles. The number of hydrogen-bond donors (Lipinski definition) is 3. The molecular weight excluding hydrogens is 316 g/mol. The quantitative estimate of drug-likeness (QED) is 0.605. The van der Waals surface area contributed by atoms with Crippen LogP contribution >= 0.6 is 0 Å². The van der Waals surface area contributed by atoms with Crippen LogP contribution in [-0.4, -0.2) is 48.4 Å². The average Bonchev–Trinajstić information content (AvgIpc) is 2.58. The van der Waals surface area contributed by atoms with E-state index in [1.54, 1.807) is 31.2 Å². The molecule has 0 aliphatic carbocycles. The second kappa shape index (κ2) is 10.2. The highest BCUT2D eigenvalue weighted by atomic mass is 16.2. The summed E-state index contributed by atoms with van der Waals surface area (Å²) in [5, 5.41) is 5.71. The Morgan fingerprint density at radius 2 is 1.88 bits per heavy atom. The summed E-state index contributed by atoms with van der Waals surface area (Å²) < 4.78 is 0. The van der Waals surface area contributed by atoms with E-state index in [9.17, 15) is 9.59 Å². The fourth-order valence-electron chi connectivity index (χ4n) is 2.61. The predicted octanol–water partition coefficient (Wildman–Crippen LogP) is 2.21. The number of nitrogens with one attached hydrogen (secondary N) is 2. The minimum Gasteiger partial charge on any atom is -0.351 e. The van der Waals surface area contributed by atoms with Gasteiger partial charge in [0.2, 0.25) is 5.91 Å². The van der Waals surface area contributed by atoms with Gasteiger partial charge in [0, 0.05) is 24.3 Å². The third-order valence-corrected chi connectivity index (χ3v) is 4.28. The first-order chi connectivity index (χ1) is 11.8. The van der Waals surface area contributed by atoms with E-state index >= 15 is 0 Å². The number of anilines is 1. The molecule has 0 saturated heterocycles. The predicted molar refractivity (Wildman–Crippen MR) is 103 cm³/mol. The smallest absolute Gasteiger partial charge is 0.251 e. The minimum absolute atomic E-state index is 0.146. The largest absolute Gasteiger partial charge is 0.351 e. The van der Waals surface area contributed by atoms with E-state index in [4.69, 9.17) is 5.73 Å². The van der Waals surface area contributed by atoms with Crippen molar-refractivity contribution >= 4 is 17.5 Å². The van der Waals surface area contributed by atoms with Gasteiger partial charge in [-0.3, -0.25) is 9.59 Å². The zero-order valence-electron chi connectivity index (χ0n) is 15.9. The molecule has 0 spiro atoms. The second-order valence-electron chi connectivity index (χ2n) is 6.49. The monoisotopic (exact) mass is 348 g/mol. The first-order valence-electron chi connectivity index (χ1n) is 9.05. The zero-order chi connectivity index (χ0) is 18.9. The van der Waals surface area contributed by atoms with Gasteiger partial charge >= 0.3 is 0 Å². The summed E-state index contributed by atoms with van der Waals surface area (Å²) in [6.45, 7) is 11.2. The summed E-state index contributed by atoms with van der Waals surface area (Å²) in [6, 6.07) is 6.91. The summed E-state index contributed by atoms with van der Waals surface area (Å²) >= 11 is 0. The fraction of sp³-hybridized carbons (Fsp3) is 0.579. The molecule has 0 fully saturated rings. The van der Waals surface area contributed by atoms with E-state index in [0.29, 0.717) is 24.2 Å². The van der Waals surface area contributed by atoms with Crippen LogP contribution in [-0.2, 0) is 4.79 Å². The van der Waals surface area contributed by atoms with Crippen molar-refractivity contribution in [1.82, 2.24) is 10.2 Å². The lowest BCUT2D eigenvalue weighted by Gasteiger charge is -2.23. The summed E-state index contributed by atoms with van der Waals surface area (Å²) in [4.78, 5) is 26.8. The van der Waals surface area contributed by atoms with Crippen molar-refractivity contribution in [3.05, 3.63) is 29.8 Å². The van der Waals surface area contributed by atoms with Crippen molar-refractivity contribution in [2.24, 2.45) is 5.73 Å². The van der Waals surface area contributed by atoms with E-state index in [-0.39, 0.29) is 11.8 Å². The number of rotatable bonds is 10. The molecule has 2 amide bonds. The molecular formula is C19H32N4O2. The lowest BCUT2D eigenvalue weighted by molar-refractivity contribution is -0.120. The van der Waals surface area contributed by atoms with E-state index in [1.165, 1.54) is 0 Å². The highest BCUT2D eigenvalue weighted by Gasteiger charge is 2.27. The summed E-state index contributed by atoms with van der Waals surface area (Å²) in [7, 11) is 0. The van der Waals surface area contributed by atoms with Crippen LogP contribution in [0.3, 0.4) is 0 Å². The Morgan fingerprint density at radius 3 is 2.48 bits per heavy atom. The maximum absolute atomic E-state index is 12.3. The third kappa shape index (κ3) is 6.84. The van der Waals surface area contributed by atoms with Crippen molar-refractivity contribution in [3.63, 3.8) is 0 Å². The van der Waals surface area contributed by atoms with Crippen LogP contribution in [0, 0.1) is 0 Å². The molecule has 140 valence electrons. The average molecular weight is 348 g/mol. The van der Waals surface area contributed by atoms with Gasteiger partial charge in [0.25, 0.3) is 5.91 Å². The number of likely N-dealkylation sites (N-methyl/N-ethyl adjacent to an activating group) is 1. The van der Waals surface area contributed by atoms with E-state index in [2.05, 4.69) is 29.4 Å². The van der Waals surface area contributed by atoms with Crippen molar-refractivity contribution in [2.45, 2.75) is 46.1 Å². The maximum atomic E-state index is 12.3. The van der Waals surface area contributed by atoms with E-state index in [0.717, 1.165) is 26.1 Å². The Kier molecular flexibility index (Phi) is 8.58. The molecule has 1 aromatic rings. The molecule has 6 heteroatoms. The SMILES string of the molecule is CCCC(C)(N)C(=O)Nc1cccc(C(=O)NCCN(CC)CC)c1. The molecule has 0 saturated carbocycles. The highest BCUT2D eigenvalue weighted by molar-refractivity contribution is 6.00. The third-order valence-electron chi connectivity index (χ3n) is 4.28. The van der Waals surface area contributed by atoms with Gasteiger partial charge in [-0.2, -0.15) is 0 Å². The zero-order valence-corrected chi connectivity index (χ0v) is 15.9. The van der Waals surface area contributed by atoms with Crippen LogP contribution < -0.4 is 16.4 Å². The normalized spacial score (nSPS) is 13.4. The maximum Gasteiger partial charge on any atom is 0.251 e. The number of carbonyl (C=O) groups excluding carboxylic acids is 2. The molecule has 0 aromatic heterocycles. The van der Waals surface area contributed by atoms with Crippen LogP contribution in [0.1, 0.15) is 50.9 Å². The minimum atomic E-state index is -0.920. The van der Waals surface area contributed by atoms with Crippen LogP contribution in [0.25, 0.3) is 0 Å². The number of nitrogens with two attached hydrogens (primary N) is 1. The van der Waals surface area contributed by atoms with Crippen LogP contribution in [0.4, 0.5) is 5.69 Å². The molecule has 0 heterocycles. The summed E-state index contributed by atoms with van der Waals surface area (Å²) in [6.07, 6.45) is 1.43. The molecule has 6 nitrogen and oxygen atoms in total.